The minimum Gasteiger partial charge on any atom is -0.455 e. The van der Waals surface area contributed by atoms with E-state index in [1.54, 1.807) is 0 Å². The van der Waals surface area contributed by atoms with Gasteiger partial charge in [-0.2, -0.15) is 0 Å². The van der Waals surface area contributed by atoms with E-state index in [1.807, 2.05) is 0 Å². The minimum absolute atomic E-state index is 0.0611. The van der Waals surface area contributed by atoms with Crippen LogP contribution in [-0.2, 0) is 20.7 Å². The summed E-state index contributed by atoms with van der Waals surface area (Å²) in [5, 5.41) is 2.46. The van der Waals surface area contributed by atoms with Crippen LogP contribution in [-0.4, -0.2) is 18.5 Å². The topological polar surface area (TPSA) is 55.4 Å². The molecule has 0 atom stereocenters. The monoisotopic (exact) mass is 339 g/mol. The first-order valence-electron chi connectivity index (χ1n) is 6.59. The van der Waals surface area contributed by atoms with Crippen LogP contribution in [0.2, 0.25) is 5.02 Å². The van der Waals surface area contributed by atoms with Crippen LogP contribution >= 0.6 is 11.6 Å². The Morgan fingerprint density at radius 2 is 1.78 bits per heavy atom. The molecule has 0 saturated carbocycles. The van der Waals surface area contributed by atoms with Crippen molar-refractivity contribution in [3.8, 4) is 0 Å². The van der Waals surface area contributed by atoms with E-state index in [9.17, 15) is 18.4 Å². The smallest absolute Gasteiger partial charge is 0.310 e. The Morgan fingerprint density at radius 1 is 1.09 bits per heavy atom. The lowest BCUT2D eigenvalue weighted by Gasteiger charge is -2.08. The van der Waals surface area contributed by atoms with Gasteiger partial charge in [0.25, 0.3) is 5.91 Å². The van der Waals surface area contributed by atoms with E-state index in [1.165, 1.54) is 36.4 Å². The quantitative estimate of drug-likeness (QED) is 0.850. The van der Waals surface area contributed by atoms with Crippen LogP contribution < -0.4 is 5.32 Å². The lowest BCUT2D eigenvalue weighted by molar-refractivity contribution is -0.146. The first-order chi connectivity index (χ1) is 10.9. The number of carbonyl (C=O) groups is 2. The molecule has 0 radical (unpaired) electrons. The van der Waals surface area contributed by atoms with Crippen molar-refractivity contribution in [1.29, 1.82) is 0 Å². The maximum atomic E-state index is 13.5. The van der Waals surface area contributed by atoms with Crippen LogP contribution in [0.5, 0.6) is 0 Å². The molecule has 0 aromatic heterocycles. The van der Waals surface area contributed by atoms with E-state index in [-0.39, 0.29) is 17.1 Å². The van der Waals surface area contributed by atoms with Crippen molar-refractivity contribution in [3.05, 3.63) is 64.7 Å². The average molecular weight is 340 g/mol. The Balaban J connectivity index is 1.81. The summed E-state index contributed by atoms with van der Waals surface area (Å²) in [6, 6.07) is 9.10. The Kier molecular flexibility index (Phi) is 5.65. The van der Waals surface area contributed by atoms with E-state index < -0.39 is 30.1 Å². The van der Waals surface area contributed by atoms with Crippen LogP contribution in [0.15, 0.2) is 42.5 Å². The van der Waals surface area contributed by atoms with E-state index in [2.05, 4.69) is 5.32 Å². The third kappa shape index (κ3) is 5.34. The fourth-order valence-corrected chi connectivity index (χ4v) is 1.90. The molecule has 1 amide bonds. The normalized spacial score (nSPS) is 10.2. The molecule has 7 heteroatoms. The van der Waals surface area contributed by atoms with Crippen molar-refractivity contribution >= 4 is 29.2 Å². The second-order valence-corrected chi connectivity index (χ2v) is 5.07. The van der Waals surface area contributed by atoms with Crippen LogP contribution in [0.25, 0.3) is 0 Å². The number of nitrogens with one attached hydrogen (secondary N) is 1. The summed E-state index contributed by atoms with van der Waals surface area (Å²) in [7, 11) is 0. The molecular weight excluding hydrogens is 328 g/mol. The maximum Gasteiger partial charge on any atom is 0.310 e. The fraction of sp³-hybridized carbons (Fsp3) is 0.125. The molecular formula is C16H12ClF2NO3. The molecule has 23 heavy (non-hydrogen) atoms. The largest absolute Gasteiger partial charge is 0.455 e. The number of benzene rings is 2. The molecule has 0 aliphatic rings. The van der Waals surface area contributed by atoms with Crippen molar-refractivity contribution in [1.82, 2.24) is 0 Å². The fourth-order valence-electron chi connectivity index (χ4n) is 1.74. The minimum atomic E-state index is -0.691. The van der Waals surface area contributed by atoms with Gasteiger partial charge in [0.05, 0.1) is 12.1 Å². The van der Waals surface area contributed by atoms with Crippen molar-refractivity contribution in [3.63, 3.8) is 0 Å². The van der Waals surface area contributed by atoms with Gasteiger partial charge in [-0.05, 0) is 35.9 Å². The highest BCUT2D eigenvalue weighted by molar-refractivity contribution is 6.30. The number of rotatable bonds is 5. The zero-order chi connectivity index (χ0) is 16.8. The summed E-state index contributed by atoms with van der Waals surface area (Å²) in [5.74, 6) is -2.43. The molecule has 0 aliphatic carbocycles. The van der Waals surface area contributed by atoms with Crippen LogP contribution in [0.4, 0.5) is 14.5 Å². The number of anilines is 1. The Hall–Kier alpha value is -2.47. The van der Waals surface area contributed by atoms with Gasteiger partial charge in [-0.15, -0.1) is 0 Å². The van der Waals surface area contributed by atoms with Crippen molar-refractivity contribution in [2.24, 2.45) is 0 Å². The second kappa shape index (κ2) is 7.69. The molecule has 2 rings (SSSR count). The molecule has 120 valence electrons. The number of hydrogen-bond acceptors (Lipinski definition) is 3. The molecule has 2 aromatic carbocycles. The zero-order valence-corrected chi connectivity index (χ0v) is 12.6. The molecule has 0 spiro atoms. The van der Waals surface area contributed by atoms with Crippen molar-refractivity contribution < 1.29 is 23.1 Å². The van der Waals surface area contributed by atoms with E-state index >= 15 is 0 Å². The molecule has 0 unspecified atom stereocenters. The second-order valence-electron chi connectivity index (χ2n) is 4.64. The SMILES string of the molecule is O=C(COC(=O)Cc1ccc(F)cc1)Nc1ccc(Cl)cc1F. The zero-order valence-electron chi connectivity index (χ0n) is 11.8. The van der Waals surface area contributed by atoms with Gasteiger partial charge >= 0.3 is 5.97 Å². The number of ether oxygens (including phenoxy) is 1. The third-order valence-corrected chi connectivity index (χ3v) is 3.07. The van der Waals surface area contributed by atoms with Gasteiger partial charge in [0.15, 0.2) is 6.61 Å². The molecule has 2 aromatic rings. The molecule has 0 fully saturated rings. The van der Waals surface area contributed by atoms with Gasteiger partial charge in [-0.25, -0.2) is 8.78 Å². The maximum absolute atomic E-state index is 13.5. The van der Waals surface area contributed by atoms with Gasteiger partial charge in [-0.1, -0.05) is 23.7 Å². The Labute approximate surface area is 136 Å². The van der Waals surface area contributed by atoms with Crippen LogP contribution in [0.1, 0.15) is 5.56 Å². The van der Waals surface area contributed by atoms with E-state index in [0.717, 1.165) is 6.07 Å². The molecule has 0 heterocycles. The lowest BCUT2D eigenvalue weighted by atomic mass is 10.1. The Morgan fingerprint density at radius 3 is 2.43 bits per heavy atom. The van der Waals surface area contributed by atoms with Gasteiger partial charge in [0, 0.05) is 5.02 Å². The number of halogens is 3. The lowest BCUT2D eigenvalue weighted by Crippen LogP contribution is -2.22. The summed E-state index contributed by atoms with van der Waals surface area (Å²) in [6.45, 7) is -0.553. The highest BCUT2D eigenvalue weighted by atomic mass is 35.5. The van der Waals surface area contributed by atoms with Crippen LogP contribution in [0.3, 0.4) is 0 Å². The van der Waals surface area contributed by atoms with Gasteiger partial charge in [0.2, 0.25) is 0 Å². The number of amides is 1. The first kappa shape index (κ1) is 16.9. The Bertz CT molecular complexity index is 720. The molecule has 4 nitrogen and oxygen atoms in total. The summed E-state index contributed by atoms with van der Waals surface area (Å²) in [5.41, 5.74) is 0.495. The van der Waals surface area contributed by atoms with Gasteiger partial charge < -0.3 is 10.1 Å². The van der Waals surface area contributed by atoms with E-state index in [4.69, 9.17) is 16.3 Å². The summed E-state index contributed by atoms with van der Waals surface area (Å²) in [4.78, 5) is 23.2. The highest BCUT2D eigenvalue weighted by Crippen LogP contribution is 2.18. The highest BCUT2D eigenvalue weighted by Gasteiger charge is 2.11. The number of carbonyl (C=O) groups excluding carboxylic acids is 2. The van der Waals surface area contributed by atoms with Crippen molar-refractivity contribution in [2.45, 2.75) is 6.42 Å². The van der Waals surface area contributed by atoms with Crippen molar-refractivity contribution in [2.75, 3.05) is 11.9 Å². The third-order valence-electron chi connectivity index (χ3n) is 2.83. The molecule has 0 saturated heterocycles. The van der Waals surface area contributed by atoms with Gasteiger partial charge in [-0.3, -0.25) is 9.59 Å². The van der Waals surface area contributed by atoms with Crippen LogP contribution in [0, 0.1) is 11.6 Å². The predicted octanol–water partition coefficient (Wildman–Crippen LogP) is 3.34. The number of esters is 1. The summed E-state index contributed by atoms with van der Waals surface area (Å²) in [6.07, 6.45) is -0.0944. The predicted molar refractivity (Wildman–Crippen MR) is 81.1 cm³/mol. The molecule has 0 bridgehead atoms. The standard InChI is InChI=1S/C16H12ClF2NO3/c17-11-3-6-14(13(19)8-11)20-15(21)9-23-16(22)7-10-1-4-12(18)5-2-10/h1-6,8H,7,9H2,(H,20,21). The first-order valence-corrected chi connectivity index (χ1v) is 6.97. The number of hydrogen-bond donors (Lipinski definition) is 1. The summed E-state index contributed by atoms with van der Waals surface area (Å²) >= 11 is 5.60. The molecule has 1 N–H and O–H groups in total. The van der Waals surface area contributed by atoms with Gasteiger partial charge in [0.1, 0.15) is 11.6 Å². The average Bonchev–Trinajstić information content (AvgIpc) is 2.50. The summed E-state index contributed by atoms with van der Waals surface area (Å²) < 4.78 is 31.0. The van der Waals surface area contributed by atoms with E-state index in [0.29, 0.717) is 5.56 Å². The molecule has 0 aliphatic heterocycles.